The number of carbonyl (C=O) groups excluding carboxylic acids is 1. The van der Waals surface area contributed by atoms with Crippen LogP contribution in [-0.4, -0.2) is 26.5 Å². The number of carbonyl (C=O) groups is 1. The Balaban J connectivity index is 1.53. The van der Waals surface area contributed by atoms with E-state index in [-0.39, 0.29) is 17.8 Å². The second kappa shape index (κ2) is 10.5. The van der Waals surface area contributed by atoms with Gasteiger partial charge < -0.3 is 14.8 Å². The highest BCUT2D eigenvalue weighted by atomic mass is 35.5. The zero-order chi connectivity index (χ0) is 23.2. The maximum atomic E-state index is 13.3. The van der Waals surface area contributed by atoms with Gasteiger partial charge >= 0.3 is 6.03 Å². The van der Waals surface area contributed by atoms with E-state index in [2.05, 4.69) is 9.88 Å². The Kier molecular flexibility index (Phi) is 7.29. The minimum atomic E-state index is -0.451. The number of nitrogens with one attached hydrogen (secondary N) is 1. The summed E-state index contributed by atoms with van der Waals surface area (Å²) >= 11 is 6.36. The summed E-state index contributed by atoms with van der Waals surface area (Å²) in [6.07, 6.45) is 7.35. The molecule has 4 rings (SSSR count). The number of hydrogen-bond donors (Lipinski definition) is 1. The van der Waals surface area contributed by atoms with Gasteiger partial charge in [-0.2, -0.15) is 0 Å². The third-order valence-electron chi connectivity index (χ3n) is 6.16. The van der Waals surface area contributed by atoms with E-state index >= 15 is 0 Å². The molecule has 33 heavy (non-hydrogen) atoms. The Labute approximate surface area is 198 Å². The topological polar surface area (TPSA) is 80.4 Å². The maximum Gasteiger partial charge on any atom is 0.322 e. The number of amides is 2. The van der Waals surface area contributed by atoms with Gasteiger partial charge in [-0.05, 0) is 48.7 Å². The number of aromatic nitrogens is 1. The monoisotopic (exact) mass is 466 g/mol. The van der Waals surface area contributed by atoms with Crippen molar-refractivity contribution in [1.82, 2.24) is 9.47 Å². The number of non-ortho nitro benzene ring substituents is 1. The van der Waals surface area contributed by atoms with Gasteiger partial charge in [0.2, 0.25) is 0 Å². The van der Waals surface area contributed by atoms with Crippen LogP contribution in [0.3, 0.4) is 0 Å². The van der Waals surface area contributed by atoms with Gasteiger partial charge in [-0.15, -0.1) is 0 Å². The van der Waals surface area contributed by atoms with Crippen LogP contribution >= 0.6 is 11.6 Å². The maximum absolute atomic E-state index is 13.3. The van der Waals surface area contributed by atoms with Crippen LogP contribution in [0.5, 0.6) is 0 Å². The number of urea groups is 1. The van der Waals surface area contributed by atoms with E-state index < -0.39 is 4.92 Å². The Hall–Kier alpha value is -3.32. The molecular formula is C25H27ClN4O3. The lowest BCUT2D eigenvalue weighted by atomic mass is 9.94. The van der Waals surface area contributed by atoms with Crippen LogP contribution in [0.4, 0.5) is 16.2 Å². The molecule has 0 aliphatic heterocycles. The van der Waals surface area contributed by atoms with E-state index in [0.717, 1.165) is 42.0 Å². The van der Waals surface area contributed by atoms with E-state index in [0.29, 0.717) is 18.8 Å². The fraction of sp³-hybridized carbons (Fsp3) is 0.320. The van der Waals surface area contributed by atoms with Crippen molar-refractivity contribution in [2.75, 3.05) is 5.32 Å². The largest absolute Gasteiger partial charge is 0.345 e. The first kappa shape index (κ1) is 22.9. The molecule has 8 heteroatoms. The molecule has 0 saturated heterocycles. The van der Waals surface area contributed by atoms with Crippen molar-refractivity contribution in [3.63, 3.8) is 0 Å². The Bertz CT molecular complexity index is 1110. The van der Waals surface area contributed by atoms with Crippen molar-refractivity contribution in [3.05, 3.63) is 93.3 Å². The molecule has 1 aromatic heterocycles. The molecular weight excluding hydrogens is 440 g/mol. The van der Waals surface area contributed by atoms with E-state index in [1.807, 2.05) is 47.5 Å². The van der Waals surface area contributed by atoms with Gasteiger partial charge in [0.25, 0.3) is 5.69 Å². The predicted octanol–water partition coefficient (Wildman–Crippen LogP) is 6.46. The SMILES string of the molecule is O=C(Nc1ccc([N+](=O)[O-])cc1)N(Cc1cccn1Cc1ccccc1Cl)C1CCCCC1. The van der Waals surface area contributed by atoms with Gasteiger partial charge in [0.05, 0.1) is 11.5 Å². The van der Waals surface area contributed by atoms with Crippen molar-refractivity contribution >= 4 is 29.0 Å². The summed E-state index contributed by atoms with van der Waals surface area (Å²) in [6, 6.07) is 17.7. The number of rotatable bonds is 7. The normalized spacial score (nSPS) is 14.1. The molecule has 1 fully saturated rings. The number of halogens is 1. The van der Waals surface area contributed by atoms with Gasteiger partial charge in [-0.3, -0.25) is 10.1 Å². The minimum Gasteiger partial charge on any atom is -0.345 e. The van der Waals surface area contributed by atoms with Crippen molar-refractivity contribution in [2.45, 2.75) is 51.2 Å². The van der Waals surface area contributed by atoms with Gasteiger partial charge in [0, 0.05) is 47.3 Å². The number of anilines is 1. The van der Waals surface area contributed by atoms with Crippen molar-refractivity contribution in [1.29, 1.82) is 0 Å². The van der Waals surface area contributed by atoms with Crippen LogP contribution in [-0.2, 0) is 13.1 Å². The predicted molar refractivity (Wildman–Crippen MR) is 130 cm³/mol. The number of hydrogen-bond acceptors (Lipinski definition) is 3. The van der Waals surface area contributed by atoms with E-state index in [1.165, 1.54) is 18.6 Å². The molecule has 3 aromatic rings. The van der Waals surface area contributed by atoms with Crippen LogP contribution in [0.1, 0.15) is 43.4 Å². The van der Waals surface area contributed by atoms with Gasteiger partial charge in [0.15, 0.2) is 0 Å². The third-order valence-corrected chi connectivity index (χ3v) is 6.53. The standard InChI is InChI=1S/C25H27ClN4O3/c26-24-11-5-4-7-19(24)17-28-16-6-10-23(28)18-29(21-8-2-1-3-9-21)25(31)27-20-12-14-22(15-13-20)30(32)33/h4-7,10-16,21H,1-3,8-9,17-18H2,(H,27,31). The minimum absolute atomic E-state index is 0.00506. The molecule has 1 aliphatic carbocycles. The number of benzene rings is 2. The average molecular weight is 467 g/mol. The summed E-state index contributed by atoms with van der Waals surface area (Å²) in [5.41, 5.74) is 2.59. The highest BCUT2D eigenvalue weighted by Crippen LogP contribution is 2.26. The average Bonchev–Trinajstić information content (AvgIpc) is 3.26. The molecule has 1 heterocycles. The smallest absolute Gasteiger partial charge is 0.322 e. The number of nitro groups is 1. The van der Waals surface area contributed by atoms with Crippen LogP contribution in [0.25, 0.3) is 0 Å². The van der Waals surface area contributed by atoms with Crippen LogP contribution in [0.15, 0.2) is 66.9 Å². The van der Waals surface area contributed by atoms with Gasteiger partial charge in [0.1, 0.15) is 0 Å². The molecule has 0 bridgehead atoms. The van der Waals surface area contributed by atoms with Gasteiger partial charge in [-0.1, -0.05) is 49.1 Å². The molecule has 1 saturated carbocycles. The molecule has 1 aliphatic rings. The molecule has 2 aromatic carbocycles. The van der Waals surface area contributed by atoms with Crippen LogP contribution < -0.4 is 5.32 Å². The summed E-state index contributed by atoms with van der Waals surface area (Å²) in [4.78, 5) is 25.7. The fourth-order valence-corrected chi connectivity index (χ4v) is 4.55. The van der Waals surface area contributed by atoms with Crippen molar-refractivity contribution in [3.8, 4) is 0 Å². The fourth-order valence-electron chi connectivity index (χ4n) is 4.35. The molecule has 0 radical (unpaired) electrons. The lowest BCUT2D eigenvalue weighted by Crippen LogP contribution is -2.43. The molecule has 2 amide bonds. The summed E-state index contributed by atoms with van der Waals surface area (Å²) in [7, 11) is 0. The van der Waals surface area contributed by atoms with E-state index in [4.69, 9.17) is 11.6 Å². The molecule has 1 N–H and O–H groups in total. The molecule has 0 spiro atoms. The quantitative estimate of drug-likeness (QED) is 0.320. The van der Waals surface area contributed by atoms with Crippen LogP contribution in [0.2, 0.25) is 5.02 Å². The Morgan fingerprint density at radius 1 is 1.06 bits per heavy atom. The first-order valence-electron chi connectivity index (χ1n) is 11.2. The second-order valence-electron chi connectivity index (χ2n) is 8.37. The van der Waals surface area contributed by atoms with E-state index in [9.17, 15) is 14.9 Å². The second-order valence-corrected chi connectivity index (χ2v) is 8.78. The molecule has 172 valence electrons. The molecule has 0 atom stereocenters. The van der Waals surface area contributed by atoms with E-state index in [1.54, 1.807) is 12.1 Å². The van der Waals surface area contributed by atoms with Gasteiger partial charge in [-0.25, -0.2) is 4.79 Å². The lowest BCUT2D eigenvalue weighted by Gasteiger charge is -2.34. The Morgan fingerprint density at radius 2 is 1.79 bits per heavy atom. The lowest BCUT2D eigenvalue weighted by molar-refractivity contribution is -0.384. The highest BCUT2D eigenvalue weighted by Gasteiger charge is 2.26. The summed E-state index contributed by atoms with van der Waals surface area (Å²) in [6.45, 7) is 1.10. The highest BCUT2D eigenvalue weighted by molar-refractivity contribution is 6.31. The third kappa shape index (κ3) is 5.73. The summed E-state index contributed by atoms with van der Waals surface area (Å²) in [5.74, 6) is 0. The summed E-state index contributed by atoms with van der Waals surface area (Å²) in [5, 5.41) is 14.6. The Morgan fingerprint density at radius 3 is 2.48 bits per heavy atom. The zero-order valence-electron chi connectivity index (χ0n) is 18.3. The zero-order valence-corrected chi connectivity index (χ0v) is 19.1. The van der Waals surface area contributed by atoms with Crippen molar-refractivity contribution in [2.24, 2.45) is 0 Å². The summed E-state index contributed by atoms with van der Waals surface area (Å²) < 4.78 is 2.12. The molecule has 0 unspecified atom stereocenters. The number of nitro benzene ring substituents is 1. The number of nitrogens with zero attached hydrogens (tertiary/aromatic N) is 3. The first-order valence-corrected chi connectivity index (χ1v) is 11.6. The van der Waals surface area contributed by atoms with Crippen LogP contribution in [0, 0.1) is 10.1 Å². The van der Waals surface area contributed by atoms with Crippen molar-refractivity contribution < 1.29 is 9.72 Å². The first-order chi connectivity index (χ1) is 16.0. The molecule has 7 nitrogen and oxygen atoms in total.